The first kappa shape index (κ1) is 19.0. The monoisotopic (exact) mass is 339 g/mol. The van der Waals surface area contributed by atoms with Gasteiger partial charge in [0.05, 0.1) is 0 Å². The molecular weight excluding hydrogens is 310 g/mol. The molecule has 0 aliphatic carbocycles. The molecule has 134 valence electrons. The smallest absolute Gasteiger partial charge is 0.265 e. The Hall–Kier alpha value is -2.29. The Bertz CT molecular complexity index is 691. The second-order valence-electron chi connectivity index (χ2n) is 7.18. The molecule has 0 heterocycles. The zero-order chi connectivity index (χ0) is 18.6. The van der Waals surface area contributed by atoms with Gasteiger partial charge in [-0.05, 0) is 48.9 Å². The molecule has 0 saturated carbocycles. The summed E-state index contributed by atoms with van der Waals surface area (Å²) in [5.74, 6) is 1.25. The number of amides is 1. The van der Waals surface area contributed by atoms with E-state index in [4.69, 9.17) is 4.74 Å². The summed E-state index contributed by atoms with van der Waals surface area (Å²) in [6.45, 7) is 12.4. The minimum atomic E-state index is -0.567. The van der Waals surface area contributed by atoms with Gasteiger partial charge in [0.2, 0.25) is 0 Å². The lowest BCUT2D eigenvalue weighted by atomic mass is 9.92. The molecule has 0 spiro atoms. The van der Waals surface area contributed by atoms with Crippen molar-refractivity contribution in [1.29, 1.82) is 0 Å². The lowest BCUT2D eigenvalue weighted by Gasteiger charge is -2.22. The quantitative estimate of drug-likeness (QED) is 0.739. The standard InChI is InChI=1S/C22H29NO2/c1-14(2)19-8-7-9-20(15(3)4)21(19)23-22(24)17(6)25-18-12-10-16(5)11-13-18/h7-15,17H,1-6H3,(H,23,24). The van der Waals surface area contributed by atoms with E-state index in [0.29, 0.717) is 17.6 Å². The van der Waals surface area contributed by atoms with Crippen LogP contribution in [0.25, 0.3) is 0 Å². The number of carbonyl (C=O) groups excluding carboxylic acids is 1. The van der Waals surface area contributed by atoms with Crippen molar-refractivity contribution >= 4 is 11.6 Å². The zero-order valence-corrected chi connectivity index (χ0v) is 16.1. The Morgan fingerprint density at radius 3 is 1.88 bits per heavy atom. The first-order valence-electron chi connectivity index (χ1n) is 8.96. The summed E-state index contributed by atoms with van der Waals surface area (Å²) in [5.41, 5.74) is 4.40. The molecule has 0 radical (unpaired) electrons. The van der Waals surface area contributed by atoms with Crippen molar-refractivity contribution in [2.75, 3.05) is 5.32 Å². The predicted molar refractivity (Wildman–Crippen MR) is 105 cm³/mol. The summed E-state index contributed by atoms with van der Waals surface area (Å²) < 4.78 is 5.79. The number of carbonyl (C=O) groups is 1. The molecule has 0 bridgehead atoms. The molecule has 0 aliphatic rings. The molecule has 0 saturated heterocycles. The summed E-state index contributed by atoms with van der Waals surface area (Å²) in [4.78, 5) is 12.7. The largest absolute Gasteiger partial charge is 0.481 e. The molecule has 0 aromatic heterocycles. The van der Waals surface area contributed by atoms with Crippen molar-refractivity contribution in [2.45, 2.75) is 59.5 Å². The molecule has 2 rings (SSSR count). The highest BCUT2D eigenvalue weighted by atomic mass is 16.5. The maximum absolute atomic E-state index is 12.7. The van der Waals surface area contributed by atoms with E-state index in [-0.39, 0.29) is 5.91 Å². The first-order valence-corrected chi connectivity index (χ1v) is 8.96. The van der Waals surface area contributed by atoms with E-state index in [2.05, 4.69) is 51.2 Å². The van der Waals surface area contributed by atoms with E-state index in [9.17, 15) is 4.79 Å². The fourth-order valence-electron chi connectivity index (χ4n) is 2.79. The highest BCUT2D eigenvalue weighted by Gasteiger charge is 2.20. The van der Waals surface area contributed by atoms with Crippen molar-refractivity contribution in [1.82, 2.24) is 0 Å². The number of hydrogen-bond acceptors (Lipinski definition) is 2. The van der Waals surface area contributed by atoms with Gasteiger partial charge in [-0.2, -0.15) is 0 Å². The van der Waals surface area contributed by atoms with E-state index < -0.39 is 6.10 Å². The number of aryl methyl sites for hydroxylation is 1. The van der Waals surface area contributed by atoms with Gasteiger partial charge in [-0.3, -0.25) is 4.79 Å². The molecule has 2 aromatic carbocycles. The molecule has 0 aliphatic heterocycles. The molecule has 1 unspecified atom stereocenters. The highest BCUT2D eigenvalue weighted by molar-refractivity contribution is 5.95. The van der Waals surface area contributed by atoms with E-state index >= 15 is 0 Å². The molecule has 1 N–H and O–H groups in total. The Morgan fingerprint density at radius 1 is 0.880 bits per heavy atom. The zero-order valence-electron chi connectivity index (χ0n) is 16.1. The normalized spacial score (nSPS) is 12.3. The maximum atomic E-state index is 12.7. The lowest BCUT2D eigenvalue weighted by molar-refractivity contribution is -0.122. The van der Waals surface area contributed by atoms with Crippen LogP contribution < -0.4 is 10.1 Å². The van der Waals surface area contributed by atoms with Crippen LogP contribution in [0.4, 0.5) is 5.69 Å². The van der Waals surface area contributed by atoms with Crippen LogP contribution in [0.1, 0.15) is 63.1 Å². The van der Waals surface area contributed by atoms with Gasteiger partial charge in [-0.1, -0.05) is 63.6 Å². The van der Waals surface area contributed by atoms with Crippen LogP contribution in [0, 0.1) is 6.92 Å². The average molecular weight is 339 g/mol. The van der Waals surface area contributed by atoms with Crippen LogP contribution in [0.2, 0.25) is 0 Å². The number of rotatable bonds is 6. The summed E-state index contributed by atoms with van der Waals surface area (Å²) in [6, 6.07) is 14.0. The Labute approximate surface area is 151 Å². The first-order chi connectivity index (χ1) is 11.8. The third-order valence-corrected chi connectivity index (χ3v) is 4.32. The van der Waals surface area contributed by atoms with Gasteiger partial charge in [-0.15, -0.1) is 0 Å². The van der Waals surface area contributed by atoms with Crippen LogP contribution in [-0.4, -0.2) is 12.0 Å². The van der Waals surface area contributed by atoms with Gasteiger partial charge in [0.15, 0.2) is 6.10 Å². The predicted octanol–water partition coefficient (Wildman–Crippen LogP) is 5.65. The topological polar surface area (TPSA) is 38.3 Å². The SMILES string of the molecule is Cc1ccc(OC(C)C(=O)Nc2c(C(C)C)cccc2C(C)C)cc1. The van der Waals surface area contributed by atoms with Gasteiger partial charge in [-0.25, -0.2) is 0 Å². The number of para-hydroxylation sites is 1. The lowest BCUT2D eigenvalue weighted by Crippen LogP contribution is -2.31. The molecule has 25 heavy (non-hydrogen) atoms. The Morgan fingerprint density at radius 2 is 1.40 bits per heavy atom. The van der Waals surface area contributed by atoms with Crippen LogP contribution in [0.5, 0.6) is 5.75 Å². The number of anilines is 1. The van der Waals surface area contributed by atoms with Crippen LogP contribution in [-0.2, 0) is 4.79 Å². The minimum absolute atomic E-state index is 0.129. The summed E-state index contributed by atoms with van der Waals surface area (Å²) in [7, 11) is 0. The highest BCUT2D eigenvalue weighted by Crippen LogP contribution is 2.32. The van der Waals surface area contributed by atoms with Crippen molar-refractivity contribution in [3.8, 4) is 5.75 Å². The summed E-state index contributed by atoms with van der Waals surface area (Å²) >= 11 is 0. The fraction of sp³-hybridized carbons (Fsp3) is 0.409. The van der Waals surface area contributed by atoms with Crippen molar-refractivity contribution in [3.63, 3.8) is 0 Å². The van der Waals surface area contributed by atoms with Crippen LogP contribution in [0.3, 0.4) is 0 Å². The van der Waals surface area contributed by atoms with E-state index in [1.807, 2.05) is 31.2 Å². The number of ether oxygens (including phenoxy) is 1. The van der Waals surface area contributed by atoms with E-state index in [0.717, 1.165) is 22.4 Å². The second-order valence-corrected chi connectivity index (χ2v) is 7.18. The molecule has 3 heteroatoms. The molecule has 3 nitrogen and oxygen atoms in total. The van der Waals surface area contributed by atoms with Gasteiger partial charge in [0.25, 0.3) is 5.91 Å². The molecule has 0 fully saturated rings. The minimum Gasteiger partial charge on any atom is -0.481 e. The van der Waals surface area contributed by atoms with Gasteiger partial charge in [0.1, 0.15) is 5.75 Å². The number of benzene rings is 2. The molecule has 1 atom stereocenters. The Balaban J connectivity index is 2.20. The second kappa shape index (κ2) is 8.19. The van der Waals surface area contributed by atoms with Gasteiger partial charge >= 0.3 is 0 Å². The van der Waals surface area contributed by atoms with Crippen LogP contribution >= 0.6 is 0 Å². The fourth-order valence-corrected chi connectivity index (χ4v) is 2.79. The summed E-state index contributed by atoms with van der Waals surface area (Å²) in [6.07, 6.45) is -0.567. The maximum Gasteiger partial charge on any atom is 0.265 e. The van der Waals surface area contributed by atoms with E-state index in [1.165, 1.54) is 0 Å². The molecule has 2 aromatic rings. The van der Waals surface area contributed by atoms with Crippen molar-refractivity contribution < 1.29 is 9.53 Å². The third-order valence-electron chi connectivity index (χ3n) is 4.32. The van der Waals surface area contributed by atoms with Crippen LogP contribution in [0.15, 0.2) is 42.5 Å². The average Bonchev–Trinajstić information content (AvgIpc) is 2.56. The summed E-state index contributed by atoms with van der Waals surface area (Å²) in [5, 5.41) is 3.11. The number of nitrogens with one attached hydrogen (secondary N) is 1. The third kappa shape index (κ3) is 4.85. The molecule has 1 amide bonds. The van der Waals surface area contributed by atoms with E-state index in [1.54, 1.807) is 6.92 Å². The molecular formula is C22H29NO2. The van der Waals surface area contributed by atoms with Crippen molar-refractivity contribution in [3.05, 3.63) is 59.2 Å². The van der Waals surface area contributed by atoms with Gasteiger partial charge in [0, 0.05) is 5.69 Å². The number of hydrogen-bond donors (Lipinski definition) is 1. The van der Waals surface area contributed by atoms with Crippen molar-refractivity contribution in [2.24, 2.45) is 0 Å². The van der Waals surface area contributed by atoms with Gasteiger partial charge < -0.3 is 10.1 Å². The Kier molecular flexibility index (Phi) is 6.24.